The van der Waals surface area contributed by atoms with Crippen molar-refractivity contribution in [1.82, 2.24) is 15.5 Å². The Bertz CT molecular complexity index is 605. The van der Waals surface area contributed by atoms with Gasteiger partial charge in [0.2, 0.25) is 0 Å². The number of nitrogens with zero attached hydrogens (tertiary/aromatic N) is 2. The van der Waals surface area contributed by atoms with Crippen LogP contribution in [0.3, 0.4) is 0 Å². The van der Waals surface area contributed by atoms with Gasteiger partial charge in [0.1, 0.15) is 11.6 Å². The van der Waals surface area contributed by atoms with Gasteiger partial charge in [0.25, 0.3) is 0 Å². The van der Waals surface area contributed by atoms with Crippen molar-refractivity contribution in [3.63, 3.8) is 0 Å². The largest absolute Gasteiger partial charge is 0.357 e. The zero-order chi connectivity index (χ0) is 17.8. The van der Waals surface area contributed by atoms with E-state index in [1.807, 2.05) is 6.92 Å². The molecule has 0 spiro atoms. The van der Waals surface area contributed by atoms with Crippen molar-refractivity contribution in [1.29, 1.82) is 0 Å². The summed E-state index contributed by atoms with van der Waals surface area (Å²) in [4.78, 5) is 6.99. The lowest BCUT2D eigenvalue weighted by atomic mass is 9.82. The Kier molecular flexibility index (Phi) is 5.89. The molecule has 2 aliphatic heterocycles. The molecule has 0 amide bonds. The van der Waals surface area contributed by atoms with E-state index in [-0.39, 0.29) is 12.1 Å². The van der Waals surface area contributed by atoms with E-state index in [9.17, 15) is 8.78 Å². The predicted molar refractivity (Wildman–Crippen MR) is 96.5 cm³/mol. The zero-order valence-electron chi connectivity index (χ0n) is 15.1. The first kappa shape index (κ1) is 18.1. The van der Waals surface area contributed by atoms with Crippen LogP contribution in [0.15, 0.2) is 23.2 Å². The van der Waals surface area contributed by atoms with E-state index < -0.39 is 11.6 Å². The number of hydrogen-bond donors (Lipinski definition) is 2. The molecule has 2 aliphatic rings. The molecule has 138 valence electrons. The van der Waals surface area contributed by atoms with Crippen molar-refractivity contribution < 1.29 is 8.78 Å². The first-order valence-corrected chi connectivity index (χ1v) is 9.27. The molecule has 2 saturated heterocycles. The summed E-state index contributed by atoms with van der Waals surface area (Å²) in [5.41, 5.74) is 0.275. The molecule has 2 N–H and O–H groups in total. The van der Waals surface area contributed by atoms with Crippen molar-refractivity contribution in [2.24, 2.45) is 4.99 Å². The molecule has 0 aromatic heterocycles. The molecule has 0 saturated carbocycles. The number of piperidine rings is 2. The second kappa shape index (κ2) is 8.13. The average molecular weight is 350 g/mol. The van der Waals surface area contributed by atoms with E-state index in [0.29, 0.717) is 24.1 Å². The Labute approximate surface area is 148 Å². The fraction of sp³-hybridized carbons (Fsp3) is 0.632. The first-order chi connectivity index (χ1) is 12.1. The number of nitrogens with one attached hydrogen (secondary N) is 2. The lowest BCUT2D eigenvalue weighted by molar-refractivity contribution is 0.0526. The summed E-state index contributed by atoms with van der Waals surface area (Å²) in [6.45, 7) is 2.86. The Morgan fingerprint density at radius 3 is 2.64 bits per heavy atom. The van der Waals surface area contributed by atoms with E-state index in [0.717, 1.165) is 31.5 Å². The van der Waals surface area contributed by atoms with Crippen molar-refractivity contribution in [2.75, 3.05) is 13.6 Å². The van der Waals surface area contributed by atoms with Gasteiger partial charge in [-0.2, -0.15) is 0 Å². The van der Waals surface area contributed by atoms with E-state index in [1.54, 1.807) is 0 Å². The van der Waals surface area contributed by atoms with E-state index >= 15 is 0 Å². The summed E-state index contributed by atoms with van der Waals surface area (Å²) in [6, 6.07) is 5.13. The Morgan fingerprint density at radius 2 is 1.96 bits per heavy atom. The van der Waals surface area contributed by atoms with Gasteiger partial charge in [0.05, 0.1) is 6.54 Å². The average Bonchev–Trinajstić information content (AvgIpc) is 2.56. The van der Waals surface area contributed by atoms with Gasteiger partial charge in [-0.05, 0) is 57.9 Å². The SMILES string of the molecule is CCNC(=NCc1cc(F)ccc1F)NC1CC2CCCC(C1)N2C. The minimum Gasteiger partial charge on any atom is -0.357 e. The highest BCUT2D eigenvalue weighted by Crippen LogP contribution is 2.32. The quantitative estimate of drug-likeness (QED) is 0.648. The molecule has 2 atom stereocenters. The molecule has 0 aliphatic carbocycles. The highest BCUT2D eigenvalue weighted by atomic mass is 19.1. The zero-order valence-corrected chi connectivity index (χ0v) is 15.1. The fourth-order valence-electron chi connectivity index (χ4n) is 4.08. The van der Waals surface area contributed by atoms with Crippen LogP contribution in [0.1, 0.15) is 44.6 Å². The molecule has 6 heteroatoms. The Hall–Kier alpha value is -1.69. The summed E-state index contributed by atoms with van der Waals surface area (Å²) in [6.07, 6.45) is 6.04. The maximum absolute atomic E-state index is 13.8. The number of aliphatic imine (C=N–C) groups is 1. The maximum atomic E-state index is 13.8. The van der Waals surface area contributed by atoms with Crippen LogP contribution in [0.2, 0.25) is 0 Å². The minimum absolute atomic E-state index is 0.123. The maximum Gasteiger partial charge on any atom is 0.191 e. The van der Waals surface area contributed by atoms with Crippen LogP contribution in [0, 0.1) is 11.6 Å². The Balaban J connectivity index is 1.65. The van der Waals surface area contributed by atoms with Crippen LogP contribution in [0.25, 0.3) is 0 Å². The van der Waals surface area contributed by atoms with Crippen molar-refractivity contribution >= 4 is 5.96 Å². The smallest absolute Gasteiger partial charge is 0.191 e. The molecule has 25 heavy (non-hydrogen) atoms. The topological polar surface area (TPSA) is 39.7 Å². The molecular formula is C19H28F2N4. The molecule has 2 heterocycles. The van der Waals surface area contributed by atoms with Gasteiger partial charge in [0.15, 0.2) is 5.96 Å². The Morgan fingerprint density at radius 1 is 1.24 bits per heavy atom. The second-order valence-electron chi connectivity index (χ2n) is 7.15. The van der Waals surface area contributed by atoms with Crippen molar-refractivity contribution in [3.8, 4) is 0 Å². The van der Waals surface area contributed by atoms with Gasteiger partial charge >= 0.3 is 0 Å². The lowest BCUT2D eigenvalue weighted by Gasteiger charge is -2.47. The molecule has 1 aromatic carbocycles. The molecule has 0 radical (unpaired) electrons. The van der Waals surface area contributed by atoms with Crippen LogP contribution in [0.5, 0.6) is 0 Å². The standard InChI is InChI=1S/C19H28F2N4/c1-3-22-19(23-12-13-9-14(20)7-8-18(13)21)24-15-10-16-5-4-6-17(11-15)25(16)2/h7-9,15-17H,3-6,10-12H2,1-2H3,(H2,22,23,24). The van der Waals surface area contributed by atoms with E-state index in [4.69, 9.17) is 0 Å². The van der Waals surface area contributed by atoms with Gasteiger partial charge in [-0.3, -0.25) is 0 Å². The van der Waals surface area contributed by atoms with Gasteiger partial charge in [-0.25, -0.2) is 13.8 Å². The highest BCUT2D eigenvalue weighted by Gasteiger charge is 2.36. The fourth-order valence-corrected chi connectivity index (χ4v) is 4.08. The molecule has 4 nitrogen and oxygen atoms in total. The summed E-state index contributed by atoms with van der Waals surface area (Å²) >= 11 is 0. The third-order valence-electron chi connectivity index (χ3n) is 5.44. The van der Waals surface area contributed by atoms with Crippen molar-refractivity contribution in [3.05, 3.63) is 35.4 Å². The summed E-state index contributed by atoms with van der Waals surface area (Å²) < 4.78 is 27.1. The molecule has 2 unspecified atom stereocenters. The van der Waals surface area contributed by atoms with Crippen LogP contribution >= 0.6 is 0 Å². The van der Waals surface area contributed by atoms with Gasteiger partial charge < -0.3 is 15.5 Å². The van der Waals surface area contributed by atoms with Gasteiger partial charge in [0, 0.05) is 30.2 Å². The number of hydrogen-bond acceptors (Lipinski definition) is 2. The number of guanidine groups is 1. The number of benzene rings is 1. The summed E-state index contributed by atoms with van der Waals surface area (Å²) in [5, 5.41) is 6.73. The predicted octanol–water partition coefficient (Wildman–Crippen LogP) is 3.04. The van der Waals surface area contributed by atoms with E-state index in [1.165, 1.54) is 25.3 Å². The van der Waals surface area contributed by atoms with Crippen LogP contribution in [0.4, 0.5) is 8.78 Å². The number of rotatable bonds is 4. The number of fused-ring (bicyclic) bond motifs is 2. The minimum atomic E-state index is -0.437. The number of halogens is 2. The lowest BCUT2D eigenvalue weighted by Crippen LogP contribution is -2.56. The van der Waals surface area contributed by atoms with Crippen LogP contribution < -0.4 is 10.6 Å². The molecule has 3 rings (SSSR count). The molecular weight excluding hydrogens is 322 g/mol. The van der Waals surface area contributed by atoms with Crippen LogP contribution in [-0.2, 0) is 6.54 Å². The van der Waals surface area contributed by atoms with Crippen LogP contribution in [-0.4, -0.2) is 42.6 Å². The third kappa shape index (κ3) is 4.48. The monoisotopic (exact) mass is 350 g/mol. The van der Waals surface area contributed by atoms with Gasteiger partial charge in [-0.1, -0.05) is 6.42 Å². The van der Waals surface area contributed by atoms with E-state index in [2.05, 4.69) is 27.6 Å². The summed E-state index contributed by atoms with van der Waals surface area (Å²) in [7, 11) is 2.23. The molecule has 2 bridgehead atoms. The summed E-state index contributed by atoms with van der Waals surface area (Å²) in [5.74, 6) is -0.179. The third-order valence-corrected chi connectivity index (χ3v) is 5.44. The second-order valence-corrected chi connectivity index (χ2v) is 7.15. The van der Waals surface area contributed by atoms with Crippen molar-refractivity contribution in [2.45, 2.75) is 63.7 Å². The highest BCUT2D eigenvalue weighted by molar-refractivity contribution is 5.80. The first-order valence-electron chi connectivity index (χ1n) is 9.27. The normalized spacial score (nSPS) is 27.2. The molecule has 2 fully saturated rings. The molecule has 1 aromatic rings. The van der Waals surface area contributed by atoms with Gasteiger partial charge in [-0.15, -0.1) is 0 Å².